The lowest BCUT2D eigenvalue weighted by Crippen LogP contribution is -2.39. The van der Waals surface area contributed by atoms with Gasteiger partial charge in [0.25, 0.3) is 10.0 Å². The van der Waals surface area contributed by atoms with Crippen molar-refractivity contribution in [3.8, 4) is 11.4 Å². The van der Waals surface area contributed by atoms with Crippen LogP contribution in [-0.4, -0.2) is 47.4 Å². The number of carbonyl (C=O) groups is 2. The van der Waals surface area contributed by atoms with E-state index >= 15 is 0 Å². The Balaban J connectivity index is 1.56. The highest BCUT2D eigenvalue weighted by Gasteiger charge is 2.18. The predicted octanol–water partition coefficient (Wildman–Crippen LogP) is 3.48. The van der Waals surface area contributed by atoms with Crippen molar-refractivity contribution in [2.45, 2.75) is 43.3 Å². The molecule has 0 aliphatic carbocycles. The highest BCUT2D eigenvalue weighted by atomic mass is 32.2. The first-order chi connectivity index (χ1) is 16.8. The Morgan fingerprint density at radius 2 is 1.71 bits per heavy atom. The number of nitrogens with zero attached hydrogens (tertiary/aromatic N) is 3. The van der Waals surface area contributed by atoms with Gasteiger partial charge in [0, 0.05) is 24.3 Å². The van der Waals surface area contributed by atoms with Crippen LogP contribution >= 0.6 is 11.8 Å². The number of nitrogens with one attached hydrogen (secondary N) is 3. The average molecular weight is 517 g/mol. The zero-order valence-electron chi connectivity index (χ0n) is 19.5. The molecule has 3 aromatic rings. The van der Waals surface area contributed by atoms with Crippen molar-refractivity contribution in [1.29, 1.82) is 0 Å². The Bertz CT molecular complexity index is 1240. The number of thioether (sulfide) groups is 1. The number of rotatable bonds is 11. The zero-order chi connectivity index (χ0) is 25.3. The quantitative estimate of drug-likeness (QED) is 0.262. The van der Waals surface area contributed by atoms with Gasteiger partial charge >= 0.3 is 6.03 Å². The fraction of sp³-hybridized carbons (Fsp3) is 0.304. The smallest absolute Gasteiger partial charge is 0.328 e. The molecule has 10 nitrogen and oxygen atoms in total. The summed E-state index contributed by atoms with van der Waals surface area (Å²) in [5.41, 5.74) is 1.38. The molecule has 0 spiro atoms. The van der Waals surface area contributed by atoms with Gasteiger partial charge in [-0.05, 0) is 37.6 Å². The maximum Gasteiger partial charge on any atom is 0.328 e. The molecular weight excluding hydrogens is 488 g/mol. The largest absolute Gasteiger partial charge is 0.337 e. The third kappa shape index (κ3) is 7.30. The molecule has 3 rings (SSSR count). The molecule has 12 heteroatoms. The Labute approximate surface area is 209 Å². The molecule has 0 fully saturated rings. The number of unbranched alkanes of at least 4 members (excludes halogenated alkanes) is 1. The lowest BCUT2D eigenvalue weighted by atomic mass is 10.2. The number of carbonyl (C=O) groups excluding carboxylic acids is 2. The fourth-order valence-electron chi connectivity index (χ4n) is 3.12. The molecule has 0 aliphatic heterocycles. The van der Waals surface area contributed by atoms with E-state index in [0.29, 0.717) is 23.9 Å². The van der Waals surface area contributed by atoms with E-state index in [-0.39, 0.29) is 16.6 Å². The van der Waals surface area contributed by atoms with E-state index in [4.69, 9.17) is 0 Å². The van der Waals surface area contributed by atoms with Gasteiger partial charge in [-0.3, -0.25) is 4.79 Å². The molecule has 0 bridgehead atoms. The van der Waals surface area contributed by atoms with Crippen LogP contribution < -0.4 is 15.4 Å². The average Bonchev–Trinajstić information content (AvgIpc) is 3.26. The molecule has 0 unspecified atom stereocenters. The minimum atomic E-state index is -4.01. The van der Waals surface area contributed by atoms with E-state index in [0.717, 1.165) is 24.2 Å². The Kier molecular flexibility index (Phi) is 9.26. The Hall–Kier alpha value is -3.38. The molecule has 3 amide bonds. The number of benzene rings is 2. The van der Waals surface area contributed by atoms with Crippen molar-refractivity contribution < 1.29 is 18.0 Å². The van der Waals surface area contributed by atoms with Gasteiger partial charge in [-0.1, -0.05) is 55.4 Å². The second-order valence-corrected chi connectivity index (χ2v) is 10.1. The number of aromatic nitrogens is 3. The van der Waals surface area contributed by atoms with Crippen LogP contribution in [0.5, 0.6) is 0 Å². The molecule has 0 atom stereocenters. The van der Waals surface area contributed by atoms with Gasteiger partial charge in [-0.25, -0.2) is 17.9 Å². The molecular formula is C23H28N6O4S2. The summed E-state index contributed by atoms with van der Waals surface area (Å²) in [6.45, 7) is 5.00. The normalized spacial score (nSPS) is 11.1. The first-order valence-corrected chi connectivity index (χ1v) is 13.6. The zero-order valence-corrected chi connectivity index (χ0v) is 21.2. The van der Waals surface area contributed by atoms with E-state index < -0.39 is 16.1 Å². The van der Waals surface area contributed by atoms with Crippen molar-refractivity contribution in [2.24, 2.45) is 0 Å². The molecule has 2 aromatic carbocycles. The molecule has 0 saturated heterocycles. The highest BCUT2D eigenvalue weighted by Crippen LogP contribution is 2.24. The fourth-order valence-corrected chi connectivity index (χ4v) is 4.85. The van der Waals surface area contributed by atoms with Crippen LogP contribution in [0, 0.1) is 0 Å². The van der Waals surface area contributed by atoms with E-state index in [2.05, 4.69) is 20.8 Å². The van der Waals surface area contributed by atoms with Gasteiger partial charge in [-0.15, -0.1) is 10.2 Å². The molecule has 35 heavy (non-hydrogen) atoms. The Morgan fingerprint density at radius 3 is 2.37 bits per heavy atom. The van der Waals surface area contributed by atoms with Crippen LogP contribution in [0.1, 0.15) is 26.7 Å². The van der Waals surface area contributed by atoms with Gasteiger partial charge in [0.2, 0.25) is 5.91 Å². The second-order valence-electron chi connectivity index (χ2n) is 7.49. The van der Waals surface area contributed by atoms with Gasteiger partial charge in [0.1, 0.15) is 0 Å². The number of hydrogen-bond donors (Lipinski definition) is 3. The summed E-state index contributed by atoms with van der Waals surface area (Å²) in [5, 5.41) is 14.3. The molecule has 3 N–H and O–H groups in total. The van der Waals surface area contributed by atoms with Crippen molar-refractivity contribution >= 4 is 39.4 Å². The van der Waals surface area contributed by atoms with Crippen molar-refractivity contribution in [3.63, 3.8) is 0 Å². The standard InChI is InChI=1S/C23H28N6O4S2/c1-3-5-15-24-22(31)28-35(32,33)19-13-11-18(12-14-19)25-20(30)16-34-23-27-26-21(29(23)4-2)17-9-7-6-8-10-17/h6-14H,3-5,15-16H2,1-2H3,(H,25,30)(H2,24,28,31). The molecule has 1 heterocycles. The van der Waals surface area contributed by atoms with Crippen molar-refractivity contribution in [3.05, 3.63) is 54.6 Å². The van der Waals surface area contributed by atoms with E-state index in [1.807, 2.05) is 53.5 Å². The van der Waals surface area contributed by atoms with Crippen molar-refractivity contribution in [2.75, 3.05) is 17.6 Å². The summed E-state index contributed by atoms with van der Waals surface area (Å²) in [7, 11) is -4.01. The molecule has 0 aliphatic rings. The van der Waals surface area contributed by atoms with Crippen LogP contribution in [0.2, 0.25) is 0 Å². The lowest BCUT2D eigenvalue weighted by molar-refractivity contribution is -0.113. The number of urea groups is 1. The van der Waals surface area contributed by atoms with Crippen LogP contribution in [0.3, 0.4) is 0 Å². The summed E-state index contributed by atoms with van der Waals surface area (Å²) in [6, 6.07) is 14.5. The molecule has 1 aromatic heterocycles. The topological polar surface area (TPSA) is 135 Å². The summed E-state index contributed by atoms with van der Waals surface area (Å²) in [5.74, 6) is 0.568. The number of sulfonamides is 1. The van der Waals surface area contributed by atoms with E-state index in [1.165, 1.54) is 36.0 Å². The summed E-state index contributed by atoms with van der Waals surface area (Å²) in [4.78, 5) is 24.1. The number of amides is 3. The first-order valence-electron chi connectivity index (χ1n) is 11.2. The van der Waals surface area contributed by atoms with Gasteiger partial charge in [0.05, 0.1) is 10.6 Å². The third-order valence-electron chi connectivity index (χ3n) is 4.89. The summed E-state index contributed by atoms with van der Waals surface area (Å²) < 4.78 is 28.6. The van der Waals surface area contributed by atoms with Gasteiger partial charge in [-0.2, -0.15) is 0 Å². The van der Waals surface area contributed by atoms with Crippen LogP contribution in [0.25, 0.3) is 11.4 Å². The predicted molar refractivity (Wildman–Crippen MR) is 136 cm³/mol. The molecule has 0 saturated carbocycles. The monoisotopic (exact) mass is 516 g/mol. The van der Waals surface area contributed by atoms with Gasteiger partial charge in [0.15, 0.2) is 11.0 Å². The van der Waals surface area contributed by atoms with Gasteiger partial charge < -0.3 is 15.2 Å². The van der Waals surface area contributed by atoms with E-state index in [9.17, 15) is 18.0 Å². The van der Waals surface area contributed by atoms with Crippen LogP contribution in [-0.2, 0) is 21.4 Å². The Morgan fingerprint density at radius 1 is 1.00 bits per heavy atom. The lowest BCUT2D eigenvalue weighted by Gasteiger charge is -2.10. The number of anilines is 1. The SMILES string of the molecule is CCCCNC(=O)NS(=O)(=O)c1ccc(NC(=O)CSc2nnc(-c3ccccc3)n2CC)cc1. The highest BCUT2D eigenvalue weighted by molar-refractivity contribution is 7.99. The maximum atomic E-state index is 12.4. The molecule has 0 radical (unpaired) electrons. The second kappa shape index (κ2) is 12.4. The van der Waals surface area contributed by atoms with E-state index in [1.54, 1.807) is 0 Å². The summed E-state index contributed by atoms with van der Waals surface area (Å²) >= 11 is 1.26. The number of hydrogen-bond acceptors (Lipinski definition) is 7. The van der Waals surface area contributed by atoms with Crippen molar-refractivity contribution in [1.82, 2.24) is 24.8 Å². The van der Waals surface area contributed by atoms with Crippen LogP contribution in [0.15, 0.2) is 64.6 Å². The minimum Gasteiger partial charge on any atom is -0.337 e. The van der Waals surface area contributed by atoms with Crippen LogP contribution in [0.4, 0.5) is 10.5 Å². The molecule has 186 valence electrons. The summed E-state index contributed by atoms with van der Waals surface area (Å²) in [6.07, 6.45) is 1.64. The first kappa shape index (κ1) is 26.2. The maximum absolute atomic E-state index is 12.4. The minimum absolute atomic E-state index is 0.0833. The third-order valence-corrected chi connectivity index (χ3v) is 7.20.